The van der Waals surface area contributed by atoms with E-state index in [4.69, 9.17) is 13.0 Å². The first-order chi connectivity index (χ1) is 16.5. The van der Waals surface area contributed by atoms with Gasteiger partial charge < -0.3 is 15.0 Å². The highest BCUT2D eigenvalue weighted by molar-refractivity contribution is 6.30. The van der Waals surface area contributed by atoms with Gasteiger partial charge in [-0.05, 0) is 48.0 Å². The predicted octanol–water partition coefficient (Wildman–Crippen LogP) is 2.63. The number of nitrogens with zero attached hydrogens (tertiary/aromatic N) is 1. The molecule has 0 saturated carbocycles. The monoisotopic (exact) mass is 475 g/mol. The molecule has 4 aromatic rings. The summed E-state index contributed by atoms with van der Waals surface area (Å²) in [6, 6.07) is 13.1. The Bertz CT molecular complexity index is 1660. The quantitative estimate of drug-likeness (QED) is 0.394. The lowest BCUT2D eigenvalue weighted by molar-refractivity contribution is 0.103. The number of carbonyl (C=O) groups excluding carboxylic acids is 1. The Morgan fingerprint density at radius 3 is 2.38 bits per heavy atom. The van der Waals surface area contributed by atoms with Crippen molar-refractivity contribution in [1.82, 2.24) is 19.9 Å². The molecule has 0 unspecified atom stereocenters. The number of hydrogen-bond acceptors (Lipinski definition) is 4. The molecule has 4 rings (SSSR count). The maximum Gasteiger partial charge on any atom is 0.272 e. The zero-order chi connectivity index (χ0) is 25.3. The molecule has 0 saturated heterocycles. The Labute approximate surface area is 201 Å². The first-order valence-corrected chi connectivity index (χ1v) is 10.9. The van der Waals surface area contributed by atoms with Crippen LogP contribution in [0.15, 0.2) is 64.4 Å². The van der Waals surface area contributed by atoms with Crippen molar-refractivity contribution in [3.05, 3.63) is 119 Å². The van der Waals surface area contributed by atoms with Gasteiger partial charge in [-0.3, -0.25) is 14.4 Å². The minimum atomic E-state index is -0.622. The van der Waals surface area contributed by atoms with Crippen LogP contribution in [0.3, 0.4) is 0 Å². The first kappa shape index (κ1) is 21.9. The van der Waals surface area contributed by atoms with Gasteiger partial charge in [0.1, 0.15) is 10.7 Å². The van der Waals surface area contributed by atoms with Gasteiger partial charge in [-0.15, -0.1) is 0 Å². The number of aromatic nitrogens is 4. The van der Waals surface area contributed by atoms with Gasteiger partial charge >= 0.3 is 0 Å². The highest BCUT2D eigenvalue weighted by atomic mass is 35.5. The van der Waals surface area contributed by atoms with Crippen molar-refractivity contribution in [3.63, 3.8) is 0 Å². The number of ketones is 1. The third-order valence-electron chi connectivity index (χ3n) is 5.12. The van der Waals surface area contributed by atoms with Crippen LogP contribution in [0.5, 0.6) is 0 Å². The van der Waals surface area contributed by atoms with Gasteiger partial charge in [0.05, 0.1) is 19.1 Å². The van der Waals surface area contributed by atoms with Crippen LogP contribution in [0, 0.1) is 0 Å². The number of nitrogens with one attached hydrogen (secondary N) is 3. The second-order valence-electron chi connectivity index (χ2n) is 8.80. The van der Waals surface area contributed by atoms with E-state index in [0.29, 0.717) is 33.1 Å². The largest absolute Gasteiger partial charge is 0.345 e. The first-order valence-electron chi connectivity index (χ1n) is 11.0. The van der Waals surface area contributed by atoms with Crippen LogP contribution in [0.25, 0.3) is 12.1 Å². The fraction of sp³-hybridized carbons (Fsp3) is 0.154. The molecule has 3 N–H and O–H groups in total. The normalized spacial score (nSPS) is 13.5. The van der Waals surface area contributed by atoms with Crippen LogP contribution in [-0.4, -0.2) is 25.7 Å². The molecule has 7 nitrogen and oxygen atoms in total. The van der Waals surface area contributed by atoms with Crippen molar-refractivity contribution in [2.75, 3.05) is 0 Å². The molecule has 0 aliphatic rings. The van der Waals surface area contributed by atoms with Gasteiger partial charge in [0.2, 0.25) is 0 Å². The average molecular weight is 476 g/mol. The molecule has 2 heterocycles. The topological polar surface area (TPSA) is 111 Å². The van der Waals surface area contributed by atoms with Gasteiger partial charge in [-0.2, -0.15) is 0 Å². The number of H-pyrrole nitrogens is 3. The van der Waals surface area contributed by atoms with E-state index < -0.39 is 11.1 Å². The van der Waals surface area contributed by atoms with Crippen molar-refractivity contribution >= 4 is 29.5 Å². The van der Waals surface area contributed by atoms with E-state index >= 15 is 0 Å². The highest BCUT2D eigenvalue weighted by Crippen LogP contribution is 2.22. The second-order valence-corrected chi connectivity index (χ2v) is 9.24. The van der Waals surface area contributed by atoms with Crippen molar-refractivity contribution in [3.8, 4) is 0 Å². The summed E-state index contributed by atoms with van der Waals surface area (Å²) >= 11 is 5.90. The summed E-state index contributed by atoms with van der Waals surface area (Å²) in [6.07, 6.45) is 2.93. The molecular formula is C26H23ClN4O3. The summed E-state index contributed by atoms with van der Waals surface area (Å²) in [4.78, 5) is 50.6. The van der Waals surface area contributed by atoms with Crippen molar-refractivity contribution in [2.45, 2.75) is 26.2 Å². The van der Waals surface area contributed by atoms with Crippen LogP contribution in [0.2, 0.25) is 5.02 Å². The maximum atomic E-state index is 12.8. The average Bonchev–Trinajstić information content (AvgIpc) is 3.32. The summed E-state index contributed by atoms with van der Waals surface area (Å²) in [7, 11) is 0. The molecule has 0 fully saturated rings. The SMILES string of the molecule is [2H]/C(c1[nH]cnc1C(C)(C)C)=c1/[nH]c(=O)/c(=C/c2cccc(C(=O)c3ccc(Cl)cc3)c2)[nH]c1=O. The molecule has 0 amide bonds. The fourth-order valence-corrected chi connectivity index (χ4v) is 3.58. The van der Waals surface area contributed by atoms with Gasteiger partial charge in [0.25, 0.3) is 11.1 Å². The van der Waals surface area contributed by atoms with Crippen LogP contribution >= 0.6 is 11.6 Å². The Morgan fingerprint density at radius 2 is 1.68 bits per heavy atom. The number of halogens is 1. The lowest BCUT2D eigenvalue weighted by atomic mass is 9.90. The molecule has 2 aromatic carbocycles. The molecular weight excluding hydrogens is 452 g/mol. The molecule has 34 heavy (non-hydrogen) atoms. The molecule has 0 atom stereocenters. The Hall–Kier alpha value is -3.97. The van der Waals surface area contributed by atoms with E-state index in [2.05, 4.69) is 19.9 Å². The van der Waals surface area contributed by atoms with E-state index in [1.165, 1.54) is 12.4 Å². The lowest BCUT2D eigenvalue weighted by Crippen LogP contribution is -2.46. The van der Waals surface area contributed by atoms with E-state index in [-0.39, 0.29) is 27.9 Å². The summed E-state index contributed by atoms with van der Waals surface area (Å²) in [5.74, 6) is -0.197. The fourth-order valence-electron chi connectivity index (χ4n) is 3.46. The van der Waals surface area contributed by atoms with E-state index in [1.807, 2.05) is 20.8 Å². The molecule has 2 aromatic heterocycles. The lowest BCUT2D eigenvalue weighted by Gasteiger charge is -2.16. The van der Waals surface area contributed by atoms with E-state index in [1.54, 1.807) is 48.5 Å². The van der Waals surface area contributed by atoms with Crippen LogP contribution < -0.4 is 21.8 Å². The molecule has 0 spiro atoms. The Kier molecular flexibility index (Phi) is 5.86. The summed E-state index contributed by atoms with van der Waals surface area (Å²) in [5, 5.41) is 0.363. The zero-order valence-electron chi connectivity index (χ0n) is 19.8. The predicted molar refractivity (Wildman–Crippen MR) is 133 cm³/mol. The van der Waals surface area contributed by atoms with Crippen molar-refractivity contribution in [1.29, 1.82) is 0 Å². The number of rotatable bonds is 4. The van der Waals surface area contributed by atoms with Crippen LogP contribution in [-0.2, 0) is 5.41 Å². The van der Waals surface area contributed by atoms with Gasteiger partial charge in [0, 0.05) is 21.6 Å². The molecule has 8 heteroatoms. The summed E-state index contributed by atoms with van der Waals surface area (Å²) < 4.78 is 8.49. The van der Waals surface area contributed by atoms with Gasteiger partial charge in [0.15, 0.2) is 5.78 Å². The smallest absolute Gasteiger partial charge is 0.272 e. The second kappa shape index (κ2) is 9.11. The Morgan fingerprint density at radius 1 is 1.00 bits per heavy atom. The minimum absolute atomic E-state index is 0.00305. The minimum Gasteiger partial charge on any atom is -0.345 e. The molecule has 0 radical (unpaired) electrons. The standard InChI is InChI=1S/C26H23ClN4O3/c1-26(2,3)23-19(28-14-29-23)13-21-25(34)30-20(24(33)31-21)12-15-5-4-6-17(11-15)22(32)16-7-9-18(27)10-8-16/h4-14H,1-3H3,(H,28,29)(H,30,34)(H,31,33)/b20-12-,21-13-/i13D. The molecule has 172 valence electrons. The number of benzene rings is 2. The molecule has 0 aliphatic heterocycles. The highest BCUT2D eigenvalue weighted by Gasteiger charge is 2.19. The third kappa shape index (κ3) is 5.00. The molecule has 0 bridgehead atoms. The van der Waals surface area contributed by atoms with Gasteiger partial charge in [-0.1, -0.05) is 50.6 Å². The van der Waals surface area contributed by atoms with E-state index in [0.717, 1.165) is 0 Å². The van der Waals surface area contributed by atoms with Crippen molar-refractivity contribution in [2.24, 2.45) is 0 Å². The summed E-state index contributed by atoms with van der Waals surface area (Å²) in [5.41, 5.74) is 0.874. The number of aromatic amines is 3. The van der Waals surface area contributed by atoms with Gasteiger partial charge in [-0.25, -0.2) is 4.98 Å². The zero-order valence-corrected chi connectivity index (χ0v) is 19.6. The van der Waals surface area contributed by atoms with E-state index in [9.17, 15) is 14.4 Å². The van der Waals surface area contributed by atoms with Crippen LogP contribution in [0.4, 0.5) is 0 Å². The molecule has 0 aliphatic carbocycles. The van der Waals surface area contributed by atoms with Crippen LogP contribution in [0.1, 0.15) is 55.0 Å². The number of hydrogen-bond donors (Lipinski definition) is 3. The number of carbonyl (C=O) groups is 1. The summed E-state index contributed by atoms with van der Waals surface area (Å²) in [6.45, 7) is 5.82. The number of imidazole rings is 1. The maximum absolute atomic E-state index is 12.8. The Balaban J connectivity index is 1.77. The van der Waals surface area contributed by atoms with Crippen molar-refractivity contribution < 1.29 is 6.17 Å². The third-order valence-corrected chi connectivity index (χ3v) is 5.38.